The van der Waals surface area contributed by atoms with E-state index in [9.17, 15) is 13.6 Å². The van der Waals surface area contributed by atoms with Crippen molar-refractivity contribution < 1.29 is 13.6 Å². The van der Waals surface area contributed by atoms with Crippen molar-refractivity contribution >= 4 is 35.0 Å². The fourth-order valence-corrected chi connectivity index (χ4v) is 2.57. The van der Waals surface area contributed by atoms with Crippen LogP contribution in [0.1, 0.15) is 0 Å². The molecule has 1 amide bonds. The number of carbonyl (C=O) groups is 1. The van der Waals surface area contributed by atoms with Crippen molar-refractivity contribution in [3.05, 3.63) is 59.1 Å². The molecule has 0 fully saturated rings. The first kappa shape index (κ1) is 14.8. The molecule has 1 N–H and O–H groups in total. The fraction of sp³-hybridized carbons (Fsp3) is 0.0714. The van der Waals surface area contributed by atoms with Crippen molar-refractivity contribution in [3.8, 4) is 0 Å². The van der Waals surface area contributed by atoms with Crippen molar-refractivity contribution in [3.63, 3.8) is 0 Å². The van der Waals surface area contributed by atoms with Gasteiger partial charge in [0.25, 0.3) is 0 Å². The molecule has 2 aromatic carbocycles. The molecule has 0 aromatic heterocycles. The fourth-order valence-electron chi connectivity index (χ4n) is 1.53. The van der Waals surface area contributed by atoms with Crippen LogP contribution >= 0.6 is 23.4 Å². The van der Waals surface area contributed by atoms with Crippen LogP contribution < -0.4 is 5.32 Å². The molecule has 6 heteroatoms. The molecule has 0 aliphatic rings. The summed E-state index contributed by atoms with van der Waals surface area (Å²) in [5.41, 5.74) is 0.0901. The van der Waals surface area contributed by atoms with E-state index in [1.165, 1.54) is 11.8 Å². The maximum absolute atomic E-state index is 13.0. The summed E-state index contributed by atoms with van der Waals surface area (Å²) in [6.45, 7) is 0. The SMILES string of the molecule is O=C(CSc1ccccc1Cl)Nc1cc(F)cc(F)c1. The first-order valence-corrected chi connectivity index (χ1v) is 7.04. The second-order valence-corrected chi connectivity index (χ2v) is 5.35. The first-order chi connectivity index (χ1) is 9.54. The molecule has 0 saturated heterocycles. The molecule has 0 radical (unpaired) electrons. The second kappa shape index (κ2) is 6.72. The number of carbonyl (C=O) groups excluding carboxylic acids is 1. The van der Waals surface area contributed by atoms with Crippen LogP contribution in [-0.2, 0) is 4.79 Å². The van der Waals surface area contributed by atoms with Crippen molar-refractivity contribution in [1.82, 2.24) is 0 Å². The van der Waals surface area contributed by atoms with Gasteiger partial charge < -0.3 is 5.32 Å². The van der Waals surface area contributed by atoms with Gasteiger partial charge >= 0.3 is 0 Å². The zero-order valence-corrected chi connectivity index (χ0v) is 11.8. The van der Waals surface area contributed by atoms with Crippen LogP contribution in [0.3, 0.4) is 0 Å². The summed E-state index contributed by atoms with van der Waals surface area (Å²) in [4.78, 5) is 12.5. The Morgan fingerprint density at radius 1 is 1.15 bits per heavy atom. The number of amides is 1. The summed E-state index contributed by atoms with van der Waals surface area (Å²) in [5.74, 6) is -1.74. The van der Waals surface area contributed by atoms with E-state index in [1.54, 1.807) is 18.2 Å². The van der Waals surface area contributed by atoms with Gasteiger partial charge in [0.15, 0.2) is 0 Å². The van der Waals surface area contributed by atoms with Gasteiger partial charge in [0.05, 0.1) is 10.8 Å². The number of nitrogens with one attached hydrogen (secondary N) is 1. The zero-order valence-electron chi connectivity index (χ0n) is 10.2. The molecular weight excluding hydrogens is 304 g/mol. The summed E-state index contributed by atoms with van der Waals surface area (Å²) in [6, 6.07) is 9.98. The number of halogens is 3. The quantitative estimate of drug-likeness (QED) is 0.850. The van der Waals surface area contributed by atoms with Crippen molar-refractivity contribution in [2.24, 2.45) is 0 Å². The monoisotopic (exact) mass is 313 g/mol. The minimum Gasteiger partial charge on any atom is -0.325 e. The minimum absolute atomic E-state index is 0.0901. The predicted octanol–water partition coefficient (Wildman–Crippen LogP) is 4.35. The summed E-state index contributed by atoms with van der Waals surface area (Å²) >= 11 is 7.21. The summed E-state index contributed by atoms with van der Waals surface area (Å²) in [7, 11) is 0. The highest BCUT2D eigenvalue weighted by molar-refractivity contribution is 8.00. The lowest BCUT2D eigenvalue weighted by atomic mass is 10.3. The highest BCUT2D eigenvalue weighted by Gasteiger charge is 2.07. The lowest BCUT2D eigenvalue weighted by Gasteiger charge is -2.06. The van der Waals surface area contributed by atoms with Crippen LogP contribution in [0.15, 0.2) is 47.4 Å². The average Bonchev–Trinajstić information content (AvgIpc) is 2.36. The van der Waals surface area contributed by atoms with Gasteiger partial charge in [0.2, 0.25) is 5.91 Å². The summed E-state index contributed by atoms with van der Waals surface area (Å²) in [5, 5.41) is 2.99. The molecule has 0 atom stereocenters. The molecule has 0 aliphatic heterocycles. The Balaban J connectivity index is 1.94. The van der Waals surface area contributed by atoms with Crippen LogP contribution in [0.2, 0.25) is 5.02 Å². The maximum atomic E-state index is 13.0. The Kier molecular flexibility index (Phi) is 4.98. The van der Waals surface area contributed by atoms with E-state index >= 15 is 0 Å². The molecule has 0 bridgehead atoms. The van der Waals surface area contributed by atoms with Gasteiger partial charge in [-0.3, -0.25) is 4.79 Å². The average molecular weight is 314 g/mol. The molecule has 104 valence electrons. The molecule has 0 unspecified atom stereocenters. The van der Waals surface area contributed by atoms with Gasteiger partial charge in [-0.25, -0.2) is 8.78 Å². The van der Waals surface area contributed by atoms with Crippen LogP contribution in [0.4, 0.5) is 14.5 Å². The van der Waals surface area contributed by atoms with Gasteiger partial charge in [-0.15, -0.1) is 11.8 Å². The van der Waals surface area contributed by atoms with Crippen molar-refractivity contribution in [2.75, 3.05) is 11.1 Å². The van der Waals surface area contributed by atoms with E-state index in [1.807, 2.05) is 6.07 Å². The van der Waals surface area contributed by atoms with Crippen LogP contribution in [0.25, 0.3) is 0 Å². The molecule has 0 saturated carbocycles. The van der Waals surface area contributed by atoms with Gasteiger partial charge in [-0.2, -0.15) is 0 Å². The normalized spacial score (nSPS) is 10.3. The first-order valence-electron chi connectivity index (χ1n) is 5.68. The lowest BCUT2D eigenvalue weighted by molar-refractivity contribution is -0.113. The number of benzene rings is 2. The lowest BCUT2D eigenvalue weighted by Crippen LogP contribution is -2.14. The smallest absolute Gasteiger partial charge is 0.234 e. The van der Waals surface area contributed by atoms with E-state index in [-0.39, 0.29) is 17.3 Å². The van der Waals surface area contributed by atoms with Gasteiger partial charge in [0, 0.05) is 16.6 Å². The van der Waals surface area contributed by atoms with E-state index in [4.69, 9.17) is 11.6 Å². The molecule has 0 spiro atoms. The topological polar surface area (TPSA) is 29.1 Å². The van der Waals surface area contributed by atoms with E-state index in [0.717, 1.165) is 23.1 Å². The van der Waals surface area contributed by atoms with Gasteiger partial charge in [-0.05, 0) is 24.3 Å². The molecule has 20 heavy (non-hydrogen) atoms. The Morgan fingerprint density at radius 3 is 2.45 bits per heavy atom. The van der Waals surface area contributed by atoms with Crippen LogP contribution in [0, 0.1) is 11.6 Å². The molecule has 0 heterocycles. The number of anilines is 1. The maximum Gasteiger partial charge on any atom is 0.234 e. The molecule has 2 rings (SSSR count). The summed E-state index contributed by atoms with van der Waals surface area (Å²) in [6.07, 6.45) is 0. The predicted molar refractivity (Wildman–Crippen MR) is 77.2 cm³/mol. The highest BCUT2D eigenvalue weighted by Crippen LogP contribution is 2.26. The van der Waals surface area contributed by atoms with Crippen LogP contribution in [0.5, 0.6) is 0 Å². The number of hydrogen-bond acceptors (Lipinski definition) is 2. The highest BCUT2D eigenvalue weighted by atomic mass is 35.5. The third-order valence-electron chi connectivity index (χ3n) is 2.34. The standard InChI is InChI=1S/C14H10ClF2NOS/c15-12-3-1-2-4-13(12)20-8-14(19)18-11-6-9(16)5-10(17)7-11/h1-7H,8H2,(H,18,19). The Hall–Kier alpha value is -1.59. The van der Waals surface area contributed by atoms with Gasteiger partial charge in [-0.1, -0.05) is 23.7 Å². The molecule has 0 aliphatic carbocycles. The van der Waals surface area contributed by atoms with Crippen LogP contribution in [-0.4, -0.2) is 11.7 Å². The van der Waals surface area contributed by atoms with E-state index in [2.05, 4.69) is 5.32 Å². The second-order valence-electron chi connectivity index (χ2n) is 3.93. The Labute approximate surface area is 124 Å². The molecule has 2 nitrogen and oxygen atoms in total. The molecular formula is C14H10ClF2NOS. The van der Waals surface area contributed by atoms with Crippen molar-refractivity contribution in [1.29, 1.82) is 0 Å². The number of thioether (sulfide) groups is 1. The van der Waals surface area contributed by atoms with Gasteiger partial charge in [0.1, 0.15) is 11.6 Å². The number of hydrogen-bond donors (Lipinski definition) is 1. The third-order valence-corrected chi connectivity index (χ3v) is 3.86. The minimum atomic E-state index is -0.737. The summed E-state index contributed by atoms with van der Waals surface area (Å²) < 4.78 is 25.9. The Morgan fingerprint density at radius 2 is 1.80 bits per heavy atom. The zero-order chi connectivity index (χ0) is 14.5. The third kappa shape index (κ3) is 4.21. The Bertz CT molecular complexity index is 616. The number of rotatable bonds is 4. The van der Waals surface area contributed by atoms with E-state index in [0.29, 0.717) is 5.02 Å². The van der Waals surface area contributed by atoms with E-state index < -0.39 is 11.6 Å². The molecule has 2 aromatic rings. The van der Waals surface area contributed by atoms with Crippen molar-refractivity contribution in [2.45, 2.75) is 4.90 Å². The largest absolute Gasteiger partial charge is 0.325 e.